The molecule has 0 radical (unpaired) electrons. The minimum absolute atomic E-state index is 0.109. The fourth-order valence-electron chi connectivity index (χ4n) is 3.50. The van der Waals surface area contributed by atoms with Gasteiger partial charge >= 0.3 is 12.8 Å². The Bertz CT molecular complexity index is 963. The zero-order valence-electron chi connectivity index (χ0n) is 16.5. The van der Waals surface area contributed by atoms with Crippen molar-refractivity contribution in [3.8, 4) is 5.75 Å². The van der Waals surface area contributed by atoms with E-state index in [0.717, 1.165) is 26.3 Å². The fourth-order valence-corrected chi connectivity index (χ4v) is 3.50. The molecule has 0 aliphatic heterocycles. The van der Waals surface area contributed by atoms with Crippen LogP contribution in [0.25, 0.3) is 11.0 Å². The van der Waals surface area contributed by atoms with Crippen LogP contribution in [0.1, 0.15) is 46.5 Å². The van der Waals surface area contributed by atoms with Gasteiger partial charge in [-0.05, 0) is 26.2 Å². The largest absolute Gasteiger partial charge is 0.435 e. The molecule has 5 nitrogen and oxygen atoms in total. The fraction of sp³-hybridized carbons (Fsp3) is 0.579. The first-order valence-electron chi connectivity index (χ1n) is 9.27. The molecule has 0 spiro atoms. The predicted octanol–water partition coefficient (Wildman–Crippen LogP) is 5.59. The highest BCUT2D eigenvalue weighted by molar-refractivity contribution is 5.92. The molecule has 1 aromatic heterocycles. The van der Waals surface area contributed by atoms with Crippen LogP contribution in [0.5, 0.6) is 5.75 Å². The number of amides is 1. The molecule has 0 unspecified atom stereocenters. The Morgan fingerprint density at radius 1 is 1.30 bits per heavy atom. The van der Waals surface area contributed by atoms with Crippen molar-refractivity contribution in [1.29, 1.82) is 0 Å². The second-order valence-electron chi connectivity index (χ2n) is 8.38. The van der Waals surface area contributed by atoms with Crippen molar-refractivity contribution in [2.75, 3.05) is 5.32 Å². The molecular weight excluding hydrogens is 416 g/mol. The van der Waals surface area contributed by atoms with Crippen molar-refractivity contribution in [2.24, 2.45) is 5.41 Å². The van der Waals surface area contributed by atoms with Gasteiger partial charge < -0.3 is 9.30 Å². The summed E-state index contributed by atoms with van der Waals surface area (Å²) in [6.07, 6.45) is -3.36. The van der Waals surface area contributed by atoms with E-state index in [2.05, 4.69) is 15.0 Å². The molecule has 0 atom stereocenters. The molecule has 1 fully saturated rings. The Morgan fingerprint density at radius 2 is 1.93 bits per heavy atom. The van der Waals surface area contributed by atoms with Crippen molar-refractivity contribution >= 4 is 22.9 Å². The molecule has 11 heteroatoms. The summed E-state index contributed by atoms with van der Waals surface area (Å²) in [5.74, 6) is -2.45. The molecule has 1 amide bonds. The Balaban J connectivity index is 2.03. The first-order valence-corrected chi connectivity index (χ1v) is 9.27. The number of carbonyl (C=O) groups excluding carboxylic acids is 1. The van der Waals surface area contributed by atoms with Crippen LogP contribution in [-0.2, 0) is 10.3 Å². The highest BCUT2D eigenvalue weighted by Crippen LogP contribution is 2.44. The number of hydrogen-bond donors (Lipinski definition) is 1. The van der Waals surface area contributed by atoms with E-state index in [0.29, 0.717) is 12.8 Å². The summed E-state index contributed by atoms with van der Waals surface area (Å²) in [6, 6.07) is 1.92. The van der Waals surface area contributed by atoms with Gasteiger partial charge in [-0.25, -0.2) is 9.37 Å². The molecule has 2 aromatic rings. The van der Waals surface area contributed by atoms with Crippen LogP contribution >= 0.6 is 0 Å². The maximum atomic E-state index is 14.5. The maximum Gasteiger partial charge on any atom is 0.394 e. The van der Waals surface area contributed by atoms with Gasteiger partial charge in [0.15, 0.2) is 5.82 Å². The summed E-state index contributed by atoms with van der Waals surface area (Å²) in [7, 11) is 0. The van der Waals surface area contributed by atoms with Crippen LogP contribution in [0, 0.1) is 11.2 Å². The molecule has 0 saturated heterocycles. The SMILES string of the molecule is CC1(n2c(NC(=O)CC(C)(C)C(F)(F)F)nc3c(F)cc(OC(F)F)cc32)CCC1. The second kappa shape index (κ2) is 7.35. The molecule has 1 N–H and O–H groups in total. The van der Waals surface area contributed by atoms with E-state index < -0.39 is 47.6 Å². The van der Waals surface area contributed by atoms with Gasteiger partial charge in [0.05, 0.1) is 10.9 Å². The lowest BCUT2D eigenvalue weighted by Crippen LogP contribution is -2.39. The summed E-state index contributed by atoms with van der Waals surface area (Å²) >= 11 is 0. The number of fused-ring (bicyclic) bond motifs is 1. The molecule has 1 saturated carbocycles. The minimum Gasteiger partial charge on any atom is -0.435 e. The molecule has 1 aliphatic rings. The zero-order chi connectivity index (χ0) is 22.5. The lowest BCUT2D eigenvalue weighted by atomic mass is 9.78. The summed E-state index contributed by atoms with van der Waals surface area (Å²) < 4.78 is 84.8. The van der Waals surface area contributed by atoms with E-state index in [1.807, 2.05) is 6.92 Å². The number of imidazole rings is 1. The Morgan fingerprint density at radius 3 is 2.43 bits per heavy atom. The lowest BCUT2D eigenvalue weighted by molar-refractivity contribution is -0.213. The number of alkyl halides is 5. The summed E-state index contributed by atoms with van der Waals surface area (Å²) in [5.41, 5.74) is -2.97. The number of nitrogens with zero attached hydrogens (tertiary/aromatic N) is 2. The van der Waals surface area contributed by atoms with Gasteiger partial charge in [-0.3, -0.25) is 10.1 Å². The zero-order valence-corrected chi connectivity index (χ0v) is 16.5. The van der Waals surface area contributed by atoms with E-state index >= 15 is 0 Å². The van der Waals surface area contributed by atoms with Crippen molar-refractivity contribution in [3.63, 3.8) is 0 Å². The van der Waals surface area contributed by atoms with E-state index in [-0.39, 0.29) is 17.0 Å². The van der Waals surface area contributed by atoms with Crippen molar-refractivity contribution in [3.05, 3.63) is 17.9 Å². The lowest BCUT2D eigenvalue weighted by Gasteiger charge is -2.41. The van der Waals surface area contributed by atoms with Gasteiger partial charge in [0.2, 0.25) is 11.9 Å². The predicted molar refractivity (Wildman–Crippen MR) is 96.9 cm³/mol. The molecule has 30 heavy (non-hydrogen) atoms. The molecule has 3 rings (SSSR count). The number of anilines is 1. The summed E-state index contributed by atoms with van der Waals surface area (Å²) in [5, 5.41) is 2.35. The standard InChI is InChI=1S/C19H21F6N3O2/c1-17(2,19(23,24)25)9-13(29)26-16-27-14-11(20)7-10(30-15(21)22)8-12(14)28(16)18(3)5-4-6-18/h7-8,15H,4-6,9H2,1-3H3,(H,26,27,29). The van der Waals surface area contributed by atoms with Crippen LogP contribution in [-0.4, -0.2) is 28.2 Å². The smallest absolute Gasteiger partial charge is 0.394 e. The third-order valence-electron chi connectivity index (χ3n) is 5.50. The first kappa shape index (κ1) is 22.2. The van der Waals surface area contributed by atoms with Gasteiger partial charge in [-0.2, -0.15) is 22.0 Å². The second-order valence-corrected chi connectivity index (χ2v) is 8.38. The molecular formula is C19H21F6N3O2. The van der Waals surface area contributed by atoms with Crippen molar-refractivity contribution in [2.45, 2.75) is 64.8 Å². The topological polar surface area (TPSA) is 56.2 Å². The normalized spacial score (nSPS) is 16.6. The molecule has 166 valence electrons. The van der Waals surface area contributed by atoms with E-state index in [1.165, 1.54) is 10.6 Å². The monoisotopic (exact) mass is 437 g/mol. The van der Waals surface area contributed by atoms with E-state index in [1.54, 1.807) is 0 Å². The van der Waals surface area contributed by atoms with Crippen molar-refractivity contribution < 1.29 is 35.9 Å². The Kier molecular flexibility index (Phi) is 5.44. The molecule has 0 bridgehead atoms. The van der Waals surface area contributed by atoms with Gasteiger partial charge in [-0.15, -0.1) is 0 Å². The summed E-state index contributed by atoms with van der Waals surface area (Å²) in [6.45, 7) is 0.444. The number of nitrogens with one attached hydrogen (secondary N) is 1. The van der Waals surface area contributed by atoms with Crippen LogP contribution < -0.4 is 10.1 Å². The molecule has 1 heterocycles. The number of halogens is 6. The van der Waals surface area contributed by atoms with Crippen LogP contribution in [0.2, 0.25) is 0 Å². The van der Waals surface area contributed by atoms with E-state index in [4.69, 9.17) is 0 Å². The maximum absolute atomic E-state index is 14.5. The number of ether oxygens (including phenoxy) is 1. The average molecular weight is 437 g/mol. The summed E-state index contributed by atoms with van der Waals surface area (Å²) in [4.78, 5) is 16.4. The highest BCUT2D eigenvalue weighted by atomic mass is 19.4. The third kappa shape index (κ3) is 4.06. The van der Waals surface area contributed by atoms with Gasteiger partial charge in [-0.1, -0.05) is 13.8 Å². The highest BCUT2D eigenvalue weighted by Gasteiger charge is 2.48. The third-order valence-corrected chi connectivity index (χ3v) is 5.50. The van der Waals surface area contributed by atoms with Crippen LogP contribution in [0.15, 0.2) is 12.1 Å². The molecule has 1 aromatic carbocycles. The molecule has 1 aliphatic carbocycles. The number of rotatable bonds is 6. The Labute approximate surface area is 168 Å². The van der Waals surface area contributed by atoms with Crippen LogP contribution in [0.3, 0.4) is 0 Å². The number of carbonyl (C=O) groups is 1. The average Bonchev–Trinajstić information content (AvgIpc) is 2.89. The Hall–Kier alpha value is -2.46. The van der Waals surface area contributed by atoms with Gasteiger partial charge in [0, 0.05) is 24.1 Å². The van der Waals surface area contributed by atoms with Gasteiger partial charge in [0.25, 0.3) is 0 Å². The minimum atomic E-state index is -4.60. The van der Waals surface area contributed by atoms with Crippen LogP contribution in [0.4, 0.5) is 32.3 Å². The van der Waals surface area contributed by atoms with E-state index in [9.17, 15) is 31.1 Å². The first-order chi connectivity index (χ1) is 13.7. The number of hydrogen-bond acceptors (Lipinski definition) is 3. The quantitative estimate of drug-likeness (QED) is 0.599. The number of benzene rings is 1. The van der Waals surface area contributed by atoms with Crippen molar-refractivity contribution in [1.82, 2.24) is 9.55 Å². The number of aromatic nitrogens is 2. The van der Waals surface area contributed by atoms with Gasteiger partial charge in [0.1, 0.15) is 11.3 Å².